The number of rotatable bonds is 8. The fourth-order valence-corrected chi connectivity index (χ4v) is 2.99. The van der Waals surface area contributed by atoms with Crippen LogP contribution >= 0.6 is 11.8 Å². The van der Waals surface area contributed by atoms with Crippen LogP contribution in [-0.2, 0) is 4.79 Å². The predicted molar refractivity (Wildman–Crippen MR) is 82.7 cm³/mol. The van der Waals surface area contributed by atoms with Gasteiger partial charge in [-0.3, -0.25) is 20.2 Å². The SMILES string of the molecule is CC(C)NC(C)(CCSc1ccc([N+](=O)[O-])cc1)C(=O)O. The Bertz CT molecular complexity index is 504. The van der Waals surface area contributed by atoms with Crippen LogP contribution in [0.4, 0.5) is 5.69 Å². The van der Waals surface area contributed by atoms with Crippen molar-refractivity contribution in [2.24, 2.45) is 0 Å². The number of nitrogens with one attached hydrogen (secondary N) is 1. The second-order valence-corrected chi connectivity index (χ2v) is 6.45. The second kappa shape index (κ2) is 7.42. The summed E-state index contributed by atoms with van der Waals surface area (Å²) >= 11 is 1.49. The van der Waals surface area contributed by atoms with Crippen LogP contribution in [0.25, 0.3) is 0 Å². The summed E-state index contributed by atoms with van der Waals surface area (Å²) < 4.78 is 0. The highest BCUT2D eigenvalue weighted by Gasteiger charge is 2.32. The van der Waals surface area contributed by atoms with Crippen LogP contribution < -0.4 is 5.32 Å². The van der Waals surface area contributed by atoms with Crippen LogP contribution in [0.15, 0.2) is 29.2 Å². The molecule has 1 aromatic carbocycles. The van der Waals surface area contributed by atoms with Gasteiger partial charge < -0.3 is 5.11 Å². The van der Waals surface area contributed by atoms with E-state index in [1.165, 1.54) is 23.9 Å². The predicted octanol–water partition coefficient (Wildman–Crippen LogP) is 2.92. The summed E-state index contributed by atoms with van der Waals surface area (Å²) in [6.45, 7) is 5.49. The highest BCUT2D eigenvalue weighted by Crippen LogP contribution is 2.24. The molecule has 0 bridgehead atoms. The summed E-state index contributed by atoms with van der Waals surface area (Å²) in [6.07, 6.45) is 0.460. The van der Waals surface area contributed by atoms with Gasteiger partial charge in [0.25, 0.3) is 5.69 Å². The summed E-state index contributed by atoms with van der Waals surface area (Å²) in [5.74, 6) is -0.263. The molecule has 1 rings (SSSR count). The van der Waals surface area contributed by atoms with E-state index in [2.05, 4.69) is 5.32 Å². The summed E-state index contributed by atoms with van der Waals surface area (Å²) in [5, 5.41) is 23.0. The number of carboxylic acid groups (broad SMARTS) is 1. The minimum Gasteiger partial charge on any atom is -0.480 e. The average Bonchev–Trinajstić information content (AvgIpc) is 2.38. The molecule has 0 amide bonds. The van der Waals surface area contributed by atoms with Gasteiger partial charge in [0.2, 0.25) is 0 Å². The zero-order chi connectivity index (χ0) is 16.0. The Morgan fingerprint density at radius 1 is 1.43 bits per heavy atom. The lowest BCUT2D eigenvalue weighted by Crippen LogP contribution is -2.52. The van der Waals surface area contributed by atoms with E-state index in [1.807, 2.05) is 13.8 Å². The minimum atomic E-state index is -0.970. The lowest BCUT2D eigenvalue weighted by Gasteiger charge is -2.28. The number of hydrogen-bond acceptors (Lipinski definition) is 5. The number of nitrogens with zero attached hydrogens (tertiary/aromatic N) is 1. The van der Waals surface area contributed by atoms with Crippen molar-refractivity contribution in [3.05, 3.63) is 34.4 Å². The van der Waals surface area contributed by atoms with Crippen molar-refractivity contribution in [3.63, 3.8) is 0 Å². The first kappa shape index (κ1) is 17.5. The number of nitro benzene ring substituents is 1. The lowest BCUT2D eigenvalue weighted by molar-refractivity contribution is -0.384. The third kappa shape index (κ3) is 5.35. The van der Waals surface area contributed by atoms with Gasteiger partial charge in [-0.1, -0.05) is 0 Å². The molecular formula is C14H20N2O4S. The van der Waals surface area contributed by atoms with Crippen molar-refractivity contribution < 1.29 is 14.8 Å². The molecule has 0 saturated carbocycles. The number of benzene rings is 1. The third-order valence-corrected chi connectivity index (χ3v) is 4.01. The molecule has 116 valence electrons. The zero-order valence-corrected chi connectivity index (χ0v) is 13.1. The molecule has 2 N–H and O–H groups in total. The van der Waals surface area contributed by atoms with E-state index in [0.717, 1.165) is 4.90 Å². The molecule has 0 aliphatic carbocycles. The van der Waals surface area contributed by atoms with E-state index >= 15 is 0 Å². The van der Waals surface area contributed by atoms with E-state index in [4.69, 9.17) is 0 Å². The molecule has 0 fully saturated rings. The summed E-state index contributed by atoms with van der Waals surface area (Å²) in [4.78, 5) is 22.4. The molecule has 0 spiro atoms. The van der Waals surface area contributed by atoms with Gasteiger partial charge in [0.15, 0.2) is 0 Å². The first-order chi connectivity index (χ1) is 9.74. The number of aliphatic carboxylic acids is 1. The van der Waals surface area contributed by atoms with E-state index in [1.54, 1.807) is 19.1 Å². The van der Waals surface area contributed by atoms with E-state index in [9.17, 15) is 20.0 Å². The first-order valence-electron chi connectivity index (χ1n) is 6.63. The lowest BCUT2D eigenvalue weighted by atomic mass is 9.98. The van der Waals surface area contributed by atoms with Crippen molar-refractivity contribution in [2.75, 3.05) is 5.75 Å². The fourth-order valence-electron chi connectivity index (χ4n) is 1.92. The quantitative estimate of drug-likeness (QED) is 0.435. The van der Waals surface area contributed by atoms with Gasteiger partial charge in [-0.15, -0.1) is 11.8 Å². The van der Waals surface area contributed by atoms with Crippen LogP contribution in [0.2, 0.25) is 0 Å². The third-order valence-electron chi connectivity index (χ3n) is 3.00. The van der Waals surface area contributed by atoms with E-state index < -0.39 is 16.4 Å². The number of non-ortho nitro benzene ring substituents is 1. The molecule has 0 saturated heterocycles. The smallest absolute Gasteiger partial charge is 0.323 e. The van der Waals surface area contributed by atoms with E-state index in [-0.39, 0.29) is 11.7 Å². The van der Waals surface area contributed by atoms with Gasteiger partial charge in [-0.05, 0) is 39.3 Å². The highest BCUT2D eigenvalue weighted by molar-refractivity contribution is 7.99. The fraction of sp³-hybridized carbons (Fsp3) is 0.500. The Balaban J connectivity index is 2.58. The average molecular weight is 312 g/mol. The molecule has 1 aromatic rings. The van der Waals surface area contributed by atoms with Gasteiger partial charge in [-0.2, -0.15) is 0 Å². The minimum absolute atomic E-state index is 0.0520. The highest BCUT2D eigenvalue weighted by atomic mass is 32.2. The van der Waals surface area contributed by atoms with Gasteiger partial charge >= 0.3 is 5.97 Å². The van der Waals surface area contributed by atoms with Crippen LogP contribution in [-0.4, -0.2) is 33.3 Å². The number of carboxylic acids is 1. The maximum atomic E-state index is 11.4. The monoisotopic (exact) mass is 312 g/mol. The summed E-state index contributed by atoms with van der Waals surface area (Å²) in [6, 6.07) is 6.33. The first-order valence-corrected chi connectivity index (χ1v) is 7.61. The van der Waals surface area contributed by atoms with E-state index in [0.29, 0.717) is 12.2 Å². The Labute approximate surface area is 128 Å². The van der Waals surface area contributed by atoms with Gasteiger partial charge in [0, 0.05) is 28.8 Å². The van der Waals surface area contributed by atoms with Crippen molar-refractivity contribution in [1.29, 1.82) is 0 Å². The molecule has 0 radical (unpaired) electrons. The van der Waals surface area contributed by atoms with Crippen molar-refractivity contribution in [1.82, 2.24) is 5.32 Å². The van der Waals surface area contributed by atoms with Crippen LogP contribution in [0, 0.1) is 10.1 Å². The van der Waals surface area contributed by atoms with Crippen LogP contribution in [0.5, 0.6) is 0 Å². The molecule has 0 aromatic heterocycles. The second-order valence-electron chi connectivity index (χ2n) is 5.29. The Morgan fingerprint density at radius 2 is 2.00 bits per heavy atom. The molecule has 0 heterocycles. The standard InChI is InChI=1S/C14H20N2O4S/c1-10(2)15-14(3,13(17)18)8-9-21-12-6-4-11(5-7-12)16(19)20/h4-7,10,15H,8-9H2,1-3H3,(H,17,18). The summed E-state index contributed by atoms with van der Waals surface area (Å²) in [5.41, 5.74) is -0.918. The van der Waals surface area contributed by atoms with Gasteiger partial charge in [-0.25, -0.2) is 0 Å². The molecule has 0 aliphatic heterocycles. The number of thioether (sulfide) groups is 1. The molecule has 21 heavy (non-hydrogen) atoms. The summed E-state index contributed by atoms with van der Waals surface area (Å²) in [7, 11) is 0. The Kier molecular flexibility index (Phi) is 6.17. The maximum absolute atomic E-state index is 11.4. The Hall–Kier alpha value is -1.60. The molecule has 6 nitrogen and oxygen atoms in total. The van der Waals surface area contributed by atoms with Crippen LogP contribution in [0.1, 0.15) is 27.2 Å². The van der Waals surface area contributed by atoms with Crippen molar-refractivity contribution >= 4 is 23.4 Å². The Morgan fingerprint density at radius 3 is 2.43 bits per heavy atom. The molecule has 1 atom stereocenters. The number of nitro groups is 1. The normalized spacial score (nSPS) is 13.9. The van der Waals surface area contributed by atoms with Crippen molar-refractivity contribution in [2.45, 2.75) is 43.7 Å². The molecule has 0 aliphatic rings. The molecule has 7 heteroatoms. The van der Waals surface area contributed by atoms with Crippen LogP contribution in [0.3, 0.4) is 0 Å². The number of carbonyl (C=O) groups is 1. The zero-order valence-electron chi connectivity index (χ0n) is 12.3. The van der Waals surface area contributed by atoms with Gasteiger partial charge in [0.1, 0.15) is 5.54 Å². The molecule has 1 unspecified atom stereocenters. The van der Waals surface area contributed by atoms with Gasteiger partial charge in [0.05, 0.1) is 4.92 Å². The maximum Gasteiger partial charge on any atom is 0.323 e. The topological polar surface area (TPSA) is 92.5 Å². The molecular weight excluding hydrogens is 292 g/mol. The largest absolute Gasteiger partial charge is 0.480 e. The number of hydrogen-bond donors (Lipinski definition) is 2. The van der Waals surface area contributed by atoms with Crippen molar-refractivity contribution in [3.8, 4) is 0 Å².